The van der Waals surface area contributed by atoms with Crippen LogP contribution in [0.1, 0.15) is 53.0 Å². The minimum absolute atomic E-state index is 0.0783. The van der Waals surface area contributed by atoms with E-state index in [2.05, 4.69) is 44.7 Å². The molecule has 6 heteroatoms. The van der Waals surface area contributed by atoms with Crippen molar-refractivity contribution in [3.8, 4) is 11.3 Å². The van der Waals surface area contributed by atoms with Crippen LogP contribution in [-0.2, 0) is 16.1 Å². The van der Waals surface area contributed by atoms with E-state index >= 15 is 0 Å². The molecule has 0 atom stereocenters. The number of aromatic nitrogens is 1. The number of methoxy groups -OCH3 is 1. The fraction of sp³-hybridized carbons (Fsp3) is 0.583. The molecular weight excluding hydrogens is 378 g/mol. The number of ether oxygens (including phenoxy) is 1. The molecule has 0 saturated heterocycles. The summed E-state index contributed by atoms with van der Waals surface area (Å²) in [6.07, 6.45) is 1.27. The molecule has 2 aromatic rings. The molecule has 0 radical (unpaired) electrons. The number of rotatable bonds is 10. The molecule has 1 aromatic heterocycles. The number of carbonyl (C=O) groups is 1. The quantitative estimate of drug-likeness (QED) is 0.512. The molecule has 6 nitrogen and oxygen atoms in total. The zero-order chi connectivity index (χ0) is 22.3. The second-order valence-electron chi connectivity index (χ2n) is 9.28. The molecule has 0 unspecified atom stereocenters. The largest absolute Gasteiger partial charge is 0.385 e. The van der Waals surface area contributed by atoms with Gasteiger partial charge in [0.05, 0.1) is 12.1 Å². The Labute approximate surface area is 181 Å². The molecule has 0 N–H and O–H groups in total. The maximum absolute atomic E-state index is 13.2. The van der Waals surface area contributed by atoms with E-state index in [1.807, 2.05) is 42.3 Å². The number of benzene rings is 1. The summed E-state index contributed by atoms with van der Waals surface area (Å²) in [5.41, 5.74) is 2.64. The SMILES string of the molecule is COCCCN(Cc1c(-c2ccccc2)noc1N(C)C(C)C)C(=O)CC(C)(C)C. The topological polar surface area (TPSA) is 58.8 Å². The molecule has 0 saturated carbocycles. The lowest BCUT2D eigenvalue weighted by Gasteiger charge is -2.28. The van der Waals surface area contributed by atoms with Crippen LogP contribution >= 0.6 is 0 Å². The average molecular weight is 416 g/mol. The Bertz CT molecular complexity index is 794. The van der Waals surface area contributed by atoms with Crippen LogP contribution in [0.3, 0.4) is 0 Å². The maximum Gasteiger partial charge on any atom is 0.232 e. The number of hydrogen-bond donors (Lipinski definition) is 0. The van der Waals surface area contributed by atoms with Gasteiger partial charge in [0.15, 0.2) is 0 Å². The molecule has 1 aromatic carbocycles. The Morgan fingerprint density at radius 2 is 1.87 bits per heavy atom. The third-order valence-electron chi connectivity index (χ3n) is 5.07. The van der Waals surface area contributed by atoms with Gasteiger partial charge in [0, 0.05) is 45.3 Å². The molecule has 2 rings (SSSR count). The Morgan fingerprint density at radius 1 is 1.20 bits per heavy atom. The third kappa shape index (κ3) is 6.59. The summed E-state index contributed by atoms with van der Waals surface area (Å²) in [4.78, 5) is 17.1. The Hall–Kier alpha value is -2.34. The van der Waals surface area contributed by atoms with Crippen molar-refractivity contribution in [2.24, 2.45) is 5.41 Å². The van der Waals surface area contributed by atoms with Gasteiger partial charge in [0.25, 0.3) is 0 Å². The third-order valence-corrected chi connectivity index (χ3v) is 5.07. The van der Waals surface area contributed by atoms with Crippen molar-refractivity contribution in [2.45, 2.75) is 60.0 Å². The van der Waals surface area contributed by atoms with Crippen LogP contribution in [0.5, 0.6) is 0 Å². The number of anilines is 1. The van der Waals surface area contributed by atoms with Crippen LogP contribution in [0, 0.1) is 5.41 Å². The molecule has 1 amide bonds. The molecule has 0 aliphatic heterocycles. The maximum atomic E-state index is 13.2. The molecule has 0 aliphatic carbocycles. The summed E-state index contributed by atoms with van der Waals surface area (Å²) in [5, 5.41) is 4.39. The van der Waals surface area contributed by atoms with E-state index in [9.17, 15) is 4.79 Å². The Balaban J connectivity index is 2.42. The monoisotopic (exact) mass is 415 g/mol. The highest BCUT2D eigenvalue weighted by molar-refractivity contribution is 5.78. The molecule has 0 aliphatic rings. The molecule has 0 spiro atoms. The minimum Gasteiger partial charge on any atom is -0.385 e. The van der Waals surface area contributed by atoms with Crippen molar-refractivity contribution in [1.29, 1.82) is 0 Å². The first-order valence-electron chi connectivity index (χ1n) is 10.7. The Morgan fingerprint density at radius 3 is 2.43 bits per heavy atom. The number of amides is 1. The van der Waals surface area contributed by atoms with Gasteiger partial charge in [-0.25, -0.2) is 0 Å². The van der Waals surface area contributed by atoms with E-state index in [0.29, 0.717) is 32.0 Å². The summed E-state index contributed by atoms with van der Waals surface area (Å²) in [5.74, 6) is 0.848. The first-order chi connectivity index (χ1) is 14.1. The zero-order valence-corrected chi connectivity index (χ0v) is 19.6. The summed E-state index contributed by atoms with van der Waals surface area (Å²) in [7, 11) is 3.68. The highest BCUT2D eigenvalue weighted by Crippen LogP contribution is 2.33. The van der Waals surface area contributed by atoms with Gasteiger partial charge in [-0.05, 0) is 25.7 Å². The lowest BCUT2D eigenvalue weighted by molar-refractivity contribution is -0.133. The molecule has 1 heterocycles. The second-order valence-corrected chi connectivity index (χ2v) is 9.28. The zero-order valence-electron chi connectivity index (χ0n) is 19.6. The fourth-order valence-corrected chi connectivity index (χ4v) is 3.23. The lowest BCUT2D eigenvalue weighted by atomic mass is 9.91. The molecule has 30 heavy (non-hydrogen) atoms. The summed E-state index contributed by atoms with van der Waals surface area (Å²) in [6, 6.07) is 10.2. The van der Waals surface area contributed by atoms with Gasteiger partial charge in [-0.15, -0.1) is 0 Å². The van der Waals surface area contributed by atoms with Crippen molar-refractivity contribution in [2.75, 3.05) is 32.2 Å². The first kappa shape index (κ1) is 23.9. The van der Waals surface area contributed by atoms with Crippen LogP contribution < -0.4 is 4.90 Å². The van der Waals surface area contributed by atoms with E-state index in [1.54, 1.807) is 7.11 Å². The first-order valence-corrected chi connectivity index (χ1v) is 10.7. The van der Waals surface area contributed by atoms with Gasteiger partial charge in [-0.2, -0.15) is 0 Å². The predicted octanol–water partition coefficient (Wildman–Crippen LogP) is 4.99. The summed E-state index contributed by atoms with van der Waals surface area (Å²) in [6.45, 7) is 12.2. The standard InChI is InChI=1S/C24H37N3O3/c1-18(2)26(6)23-20(22(25-30-23)19-12-9-8-10-13-19)17-27(14-11-15-29-7)21(28)16-24(3,4)5/h8-10,12-13,18H,11,14-17H2,1-7H3. The molecule has 0 bridgehead atoms. The van der Waals surface area contributed by atoms with Crippen molar-refractivity contribution in [3.05, 3.63) is 35.9 Å². The van der Waals surface area contributed by atoms with Gasteiger partial charge in [-0.1, -0.05) is 56.3 Å². The number of hydrogen-bond acceptors (Lipinski definition) is 5. The number of nitrogens with zero attached hydrogens (tertiary/aromatic N) is 3. The molecule has 0 fully saturated rings. The van der Waals surface area contributed by atoms with E-state index in [0.717, 1.165) is 23.2 Å². The van der Waals surface area contributed by atoms with Crippen molar-refractivity contribution >= 4 is 11.8 Å². The molecular formula is C24H37N3O3. The van der Waals surface area contributed by atoms with Gasteiger partial charge in [0.1, 0.15) is 5.69 Å². The van der Waals surface area contributed by atoms with Crippen LogP contribution in [0.2, 0.25) is 0 Å². The molecule has 166 valence electrons. The van der Waals surface area contributed by atoms with Crippen LogP contribution in [0.4, 0.5) is 5.88 Å². The van der Waals surface area contributed by atoms with E-state index < -0.39 is 0 Å². The highest BCUT2D eigenvalue weighted by atomic mass is 16.5. The van der Waals surface area contributed by atoms with Gasteiger partial charge >= 0.3 is 0 Å². The van der Waals surface area contributed by atoms with Crippen molar-refractivity contribution in [1.82, 2.24) is 10.1 Å². The Kier molecular flexibility index (Phi) is 8.47. The summed E-state index contributed by atoms with van der Waals surface area (Å²) < 4.78 is 11.0. The van der Waals surface area contributed by atoms with E-state index in [4.69, 9.17) is 9.26 Å². The summed E-state index contributed by atoms with van der Waals surface area (Å²) >= 11 is 0. The van der Waals surface area contributed by atoms with Crippen LogP contribution in [0.25, 0.3) is 11.3 Å². The van der Waals surface area contributed by atoms with E-state index in [1.165, 1.54) is 0 Å². The van der Waals surface area contributed by atoms with Crippen LogP contribution in [-0.4, -0.2) is 49.3 Å². The number of carbonyl (C=O) groups excluding carboxylic acids is 1. The van der Waals surface area contributed by atoms with Crippen molar-refractivity contribution < 1.29 is 14.1 Å². The normalized spacial score (nSPS) is 11.7. The van der Waals surface area contributed by atoms with Gasteiger partial charge in [0.2, 0.25) is 11.8 Å². The average Bonchev–Trinajstić information content (AvgIpc) is 3.09. The van der Waals surface area contributed by atoms with Gasteiger partial charge in [-0.3, -0.25) is 4.79 Å². The van der Waals surface area contributed by atoms with Crippen molar-refractivity contribution in [3.63, 3.8) is 0 Å². The van der Waals surface area contributed by atoms with Crippen LogP contribution in [0.15, 0.2) is 34.9 Å². The second kappa shape index (κ2) is 10.6. The lowest BCUT2D eigenvalue weighted by Crippen LogP contribution is -2.35. The smallest absolute Gasteiger partial charge is 0.232 e. The predicted molar refractivity (Wildman–Crippen MR) is 121 cm³/mol. The minimum atomic E-state index is -0.0783. The van der Waals surface area contributed by atoms with E-state index in [-0.39, 0.29) is 17.4 Å². The fourth-order valence-electron chi connectivity index (χ4n) is 3.23. The van der Waals surface area contributed by atoms with Gasteiger partial charge < -0.3 is 19.1 Å². The highest BCUT2D eigenvalue weighted by Gasteiger charge is 2.27.